The third kappa shape index (κ3) is 5.25. The molecule has 7 heteroatoms. The molecule has 7 nitrogen and oxygen atoms in total. The van der Waals surface area contributed by atoms with E-state index in [4.69, 9.17) is 18.9 Å². The number of aryl methyl sites for hydroxylation is 1. The number of ketones is 1. The molecule has 0 spiro atoms. The molecule has 1 aliphatic rings. The first-order valence-electron chi connectivity index (χ1n) is 11.3. The Labute approximate surface area is 199 Å². The number of fused-ring (bicyclic) bond motifs is 1. The number of aromatic nitrogens is 1. The quantitative estimate of drug-likeness (QED) is 0.354. The molecule has 2 heterocycles. The molecule has 0 fully saturated rings. The summed E-state index contributed by atoms with van der Waals surface area (Å²) in [6, 6.07) is 16.1. The summed E-state index contributed by atoms with van der Waals surface area (Å²) < 4.78 is 24.8. The van der Waals surface area contributed by atoms with Crippen LogP contribution in [0.4, 0.5) is 0 Å². The van der Waals surface area contributed by atoms with Crippen molar-refractivity contribution < 1.29 is 28.5 Å². The molecule has 1 unspecified atom stereocenters. The number of benzene rings is 2. The Kier molecular flexibility index (Phi) is 6.91. The van der Waals surface area contributed by atoms with Crippen LogP contribution in [0.5, 0.6) is 17.2 Å². The molecular formula is C27H29NO6. The van der Waals surface area contributed by atoms with E-state index in [-0.39, 0.29) is 24.6 Å². The number of carbonyl (C=O) groups is 2. The molecule has 1 aromatic heterocycles. The molecule has 0 amide bonds. The SMILES string of the molecule is Cc1cc(C(=O)COC(=O)c2ccc(OC(C)C)cc2)c(C)n1CC1COc2ccccc2O1. The van der Waals surface area contributed by atoms with Crippen LogP contribution in [-0.2, 0) is 11.3 Å². The van der Waals surface area contributed by atoms with E-state index in [1.54, 1.807) is 24.3 Å². The van der Waals surface area contributed by atoms with Gasteiger partial charge in [0.1, 0.15) is 12.4 Å². The average molecular weight is 464 g/mol. The number of rotatable bonds is 8. The lowest BCUT2D eigenvalue weighted by molar-refractivity contribution is 0.0474. The maximum Gasteiger partial charge on any atom is 0.338 e. The van der Waals surface area contributed by atoms with Gasteiger partial charge < -0.3 is 23.5 Å². The minimum atomic E-state index is -0.551. The highest BCUT2D eigenvalue weighted by Crippen LogP contribution is 2.31. The molecular weight excluding hydrogens is 434 g/mol. The van der Waals surface area contributed by atoms with Gasteiger partial charge in [0, 0.05) is 17.0 Å². The summed E-state index contributed by atoms with van der Waals surface area (Å²) in [5.41, 5.74) is 2.62. The number of Topliss-reactive ketones (excluding diaryl/α,β-unsaturated/α-hetero) is 1. The molecule has 0 radical (unpaired) electrons. The summed E-state index contributed by atoms with van der Waals surface area (Å²) >= 11 is 0. The fraction of sp³-hybridized carbons (Fsp3) is 0.333. The lowest BCUT2D eigenvalue weighted by Gasteiger charge is -2.27. The van der Waals surface area contributed by atoms with Gasteiger partial charge in [0.25, 0.3) is 0 Å². The van der Waals surface area contributed by atoms with Crippen LogP contribution in [0.25, 0.3) is 0 Å². The highest BCUT2D eigenvalue weighted by Gasteiger charge is 2.24. The minimum Gasteiger partial charge on any atom is -0.491 e. The van der Waals surface area contributed by atoms with Gasteiger partial charge in [-0.1, -0.05) is 12.1 Å². The first-order valence-corrected chi connectivity index (χ1v) is 11.3. The van der Waals surface area contributed by atoms with E-state index in [1.807, 2.05) is 62.6 Å². The smallest absolute Gasteiger partial charge is 0.338 e. The zero-order valence-corrected chi connectivity index (χ0v) is 19.9. The number of hydrogen-bond donors (Lipinski definition) is 0. The topological polar surface area (TPSA) is 76.0 Å². The molecule has 0 bridgehead atoms. The average Bonchev–Trinajstić information content (AvgIpc) is 3.10. The first kappa shape index (κ1) is 23.4. The van der Waals surface area contributed by atoms with Gasteiger partial charge in [-0.15, -0.1) is 0 Å². The van der Waals surface area contributed by atoms with Crippen molar-refractivity contribution in [3.63, 3.8) is 0 Å². The number of hydrogen-bond acceptors (Lipinski definition) is 6. The molecule has 2 aromatic carbocycles. The van der Waals surface area contributed by atoms with Gasteiger partial charge in [0.2, 0.25) is 5.78 Å². The minimum absolute atomic E-state index is 0.0439. The standard InChI is InChI=1S/C27H29NO6/c1-17(2)33-21-11-9-20(10-12-21)27(30)32-16-24(29)23-13-18(3)28(19(23)4)14-22-15-31-25-7-5-6-8-26(25)34-22/h5-13,17,22H,14-16H2,1-4H3. The lowest BCUT2D eigenvalue weighted by atomic mass is 10.1. The Morgan fingerprint density at radius 2 is 1.76 bits per heavy atom. The molecule has 3 aromatic rings. The zero-order chi connectivity index (χ0) is 24.2. The van der Waals surface area contributed by atoms with Crippen molar-refractivity contribution in [3.8, 4) is 17.2 Å². The zero-order valence-electron chi connectivity index (χ0n) is 19.9. The van der Waals surface area contributed by atoms with Crippen LogP contribution < -0.4 is 14.2 Å². The Balaban J connectivity index is 1.37. The fourth-order valence-electron chi connectivity index (χ4n) is 3.95. The molecule has 0 saturated carbocycles. The molecule has 178 valence electrons. The van der Waals surface area contributed by atoms with E-state index in [1.165, 1.54) is 0 Å². The second-order valence-electron chi connectivity index (χ2n) is 8.58. The van der Waals surface area contributed by atoms with E-state index < -0.39 is 5.97 Å². The van der Waals surface area contributed by atoms with Crippen molar-refractivity contribution in [1.29, 1.82) is 0 Å². The van der Waals surface area contributed by atoms with Gasteiger partial charge in [0.05, 0.1) is 18.2 Å². The molecule has 0 N–H and O–H groups in total. The van der Waals surface area contributed by atoms with E-state index in [0.717, 1.165) is 17.1 Å². The Morgan fingerprint density at radius 3 is 2.47 bits per heavy atom. The molecule has 1 atom stereocenters. The van der Waals surface area contributed by atoms with Crippen molar-refractivity contribution >= 4 is 11.8 Å². The Bertz CT molecular complexity index is 1180. The van der Waals surface area contributed by atoms with Crippen molar-refractivity contribution in [2.75, 3.05) is 13.2 Å². The van der Waals surface area contributed by atoms with Crippen molar-refractivity contribution in [1.82, 2.24) is 4.57 Å². The van der Waals surface area contributed by atoms with Crippen LogP contribution in [0.2, 0.25) is 0 Å². The number of nitrogens with zero attached hydrogens (tertiary/aromatic N) is 1. The summed E-state index contributed by atoms with van der Waals surface area (Å²) in [7, 11) is 0. The first-order chi connectivity index (χ1) is 16.3. The summed E-state index contributed by atoms with van der Waals surface area (Å²) in [6.45, 7) is 8.32. The summed E-state index contributed by atoms with van der Waals surface area (Å²) in [5, 5.41) is 0. The second kappa shape index (κ2) is 10.0. The third-order valence-corrected chi connectivity index (χ3v) is 5.62. The van der Waals surface area contributed by atoms with E-state index in [9.17, 15) is 9.59 Å². The molecule has 4 rings (SSSR count). The van der Waals surface area contributed by atoms with Crippen molar-refractivity contribution in [3.05, 3.63) is 77.1 Å². The second-order valence-corrected chi connectivity index (χ2v) is 8.58. The number of carbonyl (C=O) groups excluding carboxylic acids is 2. The predicted molar refractivity (Wildman–Crippen MR) is 127 cm³/mol. The van der Waals surface area contributed by atoms with Crippen LogP contribution in [0.15, 0.2) is 54.6 Å². The third-order valence-electron chi connectivity index (χ3n) is 5.62. The molecule has 1 aliphatic heterocycles. The van der Waals surface area contributed by atoms with Gasteiger partial charge >= 0.3 is 5.97 Å². The van der Waals surface area contributed by atoms with Crippen molar-refractivity contribution in [2.45, 2.75) is 46.4 Å². The fourth-order valence-corrected chi connectivity index (χ4v) is 3.95. The summed E-state index contributed by atoms with van der Waals surface area (Å²) in [6.07, 6.45) is -0.134. The van der Waals surface area contributed by atoms with Crippen LogP contribution >= 0.6 is 0 Å². The summed E-state index contributed by atoms with van der Waals surface area (Å²) in [4.78, 5) is 25.2. The number of esters is 1. The normalized spacial score (nSPS) is 14.7. The summed E-state index contributed by atoms with van der Waals surface area (Å²) in [5.74, 6) is 1.32. The van der Waals surface area contributed by atoms with Gasteiger partial charge in [-0.25, -0.2) is 4.79 Å². The van der Waals surface area contributed by atoms with E-state index >= 15 is 0 Å². The molecule has 0 aliphatic carbocycles. The highest BCUT2D eigenvalue weighted by molar-refractivity contribution is 6.00. The maximum atomic E-state index is 12.8. The van der Waals surface area contributed by atoms with Crippen LogP contribution in [0.3, 0.4) is 0 Å². The van der Waals surface area contributed by atoms with Gasteiger partial charge in [-0.3, -0.25) is 4.79 Å². The largest absolute Gasteiger partial charge is 0.491 e. The van der Waals surface area contributed by atoms with Crippen LogP contribution in [-0.4, -0.2) is 41.7 Å². The van der Waals surface area contributed by atoms with Crippen molar-refractivity contribution in [2.24, 2.45) is 0 Å². The lowest BCUT2D eigenvalue weighted by Crippen LogP contribution is -2.33. The Hall–Kier alpha value is -3.74. The maximum absolute atomic E-state index is 12.8. The number of ether oxygens (including phenoxy) is 4. The Morgan fingerprint density at radius 1 is 1.06 bits per heavy atom. The van der Waals surface area contributed by atoms with Crippen LogP contribution in [0.1, 0.15) is 46.0 Å². The van der Waals surface area contributed by atoms with Crippen LogP contribution in [0, 0.1) is 13.8 Å². The number of para-hydroxylation sites is 2. The predicted octanol–water partition coefficient (Wildman–Crippen LogP) is 4.77. The van der Waals surface area contributed by atoms with E-state index in [2.05, 4.69) is 0 Å². The molecule has 0 saturated heterocycles. The van der Waals surface area contributed by atoms with E-state index in [0.29, 0.717) is 35.8 Å². The highest BCUT2D eigenvalue weighted by atomic mass is 16.6. The van der Waals surface area contributed by atoms with Gasteiger partial charge in [0.15, 0.2) is 24.2 Å². The van der Waals surface area contributed by atoms with Gasteiger partial charge in [-0.2, -0.15) is 0 Å². The van der Waals surface area contributed by atoms with Gasteiger partial charge in [-0.05, 0) is 70.2 Å². The molecule has 34 heavy (non-hydrogen) atoms. The monoisotopic (exact) mass is 463 g/mol.